The van der Waals surface area contributed by atoms with Crippen LogP contribution in [0.15, 0.2) is 0 Å². The van der Waals surface area contributed by atoms with Crippen molar-refractivity contribution in [3.05, 3.63) is 0 Å². The largest absolute Gasteiger partial charge is 0.383 e. The molecule has 2 aliphatic heterocycles. The van der Waals surface area contributed by atoms with Crippen LogP contribution < -0.4 is 5.32 Å². The molecule has 122 valence electrons. The fourth-order valence-corrected chi connectivity index (χ4v) is 3.41. The molecule has 1 N–H and O–H groups in total. The van der Waals surface area contributed by atoms with Gasteiger partial charge in [-0.15, -0.1) is 0 Å². The molecule has 1 unspecified atom stereocenters. The second-order valence-corrected chi connectivity index (χ2v) is 6.45. The van der Waals surface area contributed by atoms with Crippen LogP contribution in [0.2, 0.25) is 0 Å². The molecule has 1 atom stereocenters. The minimum absolute atomic E-state index is 0.354. The second kappa shape index (κ2) is 8.71. The average Bonchev–Trinajstić information content (AvgIpc) is 2.54. The van der Waals surface area contributed by atoms with Crippen LogP contribution in [-0.4, -0.2) is 74.7 Å². The van der Waals surface area contributed by atoms with Gasteiger partial charge in [0.15, 0.2) is 0 Å². The number of piperidine rings is 1. The first-order valence-corrected chi connectivity index (χ1v) is 8.42. The Morgan fingerprint density at radius 3 is 2.52 bits per heavy atom. The number of ether oxygens (including phenoxy) is 1. The van der Waals surface area contributed by atoms with Gasteiger partial charge in [0.25, 0.3) is 0 Å². The minimum atomic E-state index is 0.354. The lowest BCUT2D eigenvalue weighted by atomic mass is 9.93. The highest BCUT2D eigenvalue weighted by Crippen LogP contribution is 2.19. The van der Waals surface area contributed by atoms with Gasteiger partial charge < -0.3 is 15.0 Å². The molecule has 21 heavy (non-hydrogen) atoms. The van der Waals surface area contributed by atoms with Crippen LogP contribution in [0.4, 0.5) is 0 Å². The van der Waals surface area contributed by atoms with Crippen molar-refractivity contribution in [1.29, 1.82) is 0 Å². The molecule has 0 aromatic rings. The molecule has 0 saturated carbocycles. The third-order valence-corrected chi connectivity index (χ3v) is 4.92. The summed E-state index contributed by atoms with van der Waals surface area (Å²) in [6.07, 6.45) is 4.27. The molecule has 0 spiro atoms. The normalized spacial score (nSPS) is 23.2. The van der Waals surface area contributed by atoms with E-state index < -0.39 is 0 Å². The van der Waals surface area contributed by atoms with Gasteiger partial charge in [-0.25, -0.2) is 0 Å². The van der Waals surface area contributed by atoms with Crippen LogP contribution in [0.25, 0.3) is 0 Å². The van der Waals surface area contributed by atoms with Crippen molar-refractivity contribution in [2.24, 2.45) is 5.92 Å². The van der Waals surface area contributed by atoms with Crippen molar-refractivity contribution >= 4 is 5.91 Å². The van der Waals surface area contributed by atoms with E-state index in [9.17, 15) is 4.79 Å². The van der Waals surface area contributed by atoms with E-state index in [2.05, 4.69) is 22.0 Å². The van der Waals surface area contributed by atoms with E-state index in [1.165, 1.54) is 12.8 Å². The van der Waals surface area contributed by atoms with Gasteiger partial charge in [-0.1, -0.05) is 0 Å². The highest BCUT2D eigenvalue weighted by atomic mass is 16.5. The molecule has 2 rings (SSSR count). The van der Waals surface area contributed by atoms with Gasteiger partial charge in [0.05, 0.1) is 6.61 Å². The lowest BCUT2D eigenvalue weighted by Crippen LogP contribution is -2.52. The number of hydrogen-bond donors (Lipinski definition) is 1. The van der Waals surface area contributed by atoms with Crippen molar-refractivity contribution in [3.63, 3.8) is 0 Å². The van der Waals surface area contributed by atoms with Crippen molar-refractivity contribution in [1.82, 2.24) is 15.1 Å². The number of nitrogens with one attached hydrogen (secondary N) is 1. The molecule has 2 heterocycles. The van der Waals surface area contributed by atoms with Crippen LogP contribution in [-0.2, 0) is 9.53 Å². The standard InChI is InChI=1S/C16H31N3O2/c1-14(13-21-2)18-9-11-19(12-10-18)16(20)4-3-15-5-7-17-8-6-15/h14-15,17H,3-13H2,1-2H3. The molecule has 0 aliphatic carbocycles. The lowest BCUT2D eigenvalue weighted by Gasteiger charge is -2.38. The highest BCUT2D eigenvalue weighted by molar-refractivity contribution is 5.76. The highest BCUT2D eigenvalue weighted by Gasteiger charge is 2.24. The van der Waals surface area contributed by atoms with Gasteiger partial charge >= 0.3 is 0 Å². The van der Waals surface area contributed by atoms with Gasteiger partial charge in [-0.3, -0.25) is 9.69 Å². The number of piperazine rings is 1. The summed E-state index contributed by atoms with van der Waals surface area (Å²) in [5.41, 5.74) is 0. The summed E-state index contributed by atoms with van der Waals surface area (Å²) in [6, 6.07) is 0.446. The smallest absolute Gasteiger partial charge is 0.222 e. The number of carbonyl (C=O) groups excluding carboxylic acids is 1. The maximum atomic E-state index is 12.3. The molecule has 2 saturated heterocycles. The summed E-state index contributed by atoms with van der Waals surface area (Å²) in [4.78, 5) is 16.8. The number of rotatable bonds is 6. The van der Waals surface area contributed by atoms with E-state index in [4.69, 9.17) is 4.74 Å². The van der Waals surface area contributed by atoms with Crippen LogP contribution >= 0.6 is 0 Å². The van der Waals surface area contributed by atoms with E-state index in [1.807, 2.05) is 0 Å². The second-order valence-electron chi connectivity index (χ2n) is 6.45. The predicted octanol–water partition coefficient (Wildman–Crippen LogP) is 0.945. The van der Waals surface area contributed by atoms with Crippen LogP contribution in [0, 0.1) is 5.92 Å². The number of carbonyl (C=O) groups is 1. The summed E-state index contributed by atoms with van der Waals surface area (Å²) in [6.45, 7) is 8.90. The Balaban J connectivity index is 1.65. The lowest BCUT2D eigenvalue weighted by molar-refractivity contribution is -0.133. The van der Waals surface area contributed by atoms with Crippen molar-refractivity contribution < 1.29 is 9.53 Å². The predicted molar refractivity (Wildman–Crippen MR) is 84.3 cm³/mol. The zero-order valence-corrected chi connectivity index (χ0v) is 13.6. The summed E-state index contributed by atoms with van der Waals surface area (Å²) in [5.74, 6) is 1.10. The van der Waals surface area contributed by atoms with Gasteiger partial charge in [0, 0.05) is 45.8 Å². The summed E-state index contributed by atoms with van der Waals surface area (Å²) < 4.78 is 5.21. The molecular weight excluding hydrogens is 266 g/mol. The summed E-state index contributed by atoms with van der Waals surface area (Å²) >= 11 is 0. The van der Waals surface area contributed by atoms with E-state index in [-0.39, 0.29) is 0 Å². The van der Waals surface area contributed by atoms with Gasteiger partial charge in [0.2, 0.25) is 5.91 Å². The topological polar surface area (TPSA) is 44.8 Å². The SMILES string of the molecule is COCC(C)N1CCN(C(=O)CCC2CCNCC2)CC1. The first-order valence-electron chi connectivity index (χ1n) is 8.42. The first-order chi connectivity index (χ1) is 10.2. The van der Waals surface area contributed by atoms with Crippen LogP contribution in [0.3, 0.4) is 0 Å². The number of hydrogen-bond acceptors (Lipinski definition) is 4. The van der Waals surface area contributed by atoms with Crippen molar-refractivity contribution in [2.45, 2.75) is 38.6 Å². The van der Waals surface area contributed by atoms with Crippen molar-refractivity contribution in [3.8, 4) is 0 Å². The van der Waals surface area contributed by atoms with Crippen molar-refractivity contribution in [2.75, 3.05) is 53.0 Å². The first kappa shape index (κ1) is 16.7. The summed E-state index contributed by atoms with van der Waals surface area (Å²) in [7, 11) is 1.75. The Kier molecular flexibility index (Phi) is 6.93. The van der Waals surface area contributed by atoms with Gasteiger partial charge in [-0.2, -0.15) is 0 Å². The fraction of sp³-hybridized carbons (Fsp3) is 0.938. The molecule has 2 fully saturated rings. The monoisotopic (exact) mass is 297 g/mol. The van der Waals surface area contributed by atoms with E-state index in [0.29, 0.717) is 11.9 Å². The van der Waals surface area contributed by atoms with Gasteiger partial charge in [0.1, 0.15) is 0 Å². The Bertz CT molecular complexity index is 311. The molecular formula is C16H31N3O2. The maximum absolute atomic E-state index is 12.3. The minimum Gasteiger partial charge on any atom is -0.383 e. The molecule has 0 bridgehead atoms. The molecule has 0 aromatic carbocycles. The quantitative estimate of drug-likeness (QED) is 0.793. The third kappa shape index (κ3) is 5.24. The molecule has 0 aromatic heterocycles. The zero-order chi connectivity index (χ0) is 15.1. The molecule has 5 nitrogen and oxygen atoms in total. The van der Waals surface area contributed by atoms with E-state index in [0.717, 1.165) is 64.6 Å². The Labute approximate surface area is 129 Å². The maximum Gasteiger partial charge on any atom is 0.222 e. The molecule has 5 heteroatoms. The van der Waals surface area contributed by atoms with E-state index in [1.54, 1.807) is 7.11 Å². The number of nitrogens with zero attached hydrogens (tertiary/aromatic N) is 2. The van der Waals surface area contributed by atoms with Crippen LogP contribution in [0.1, 0.15) is 32.6 Å². The number of methoxy groups -OCH3 is 1. The Hall–Kier alpha value is -0.650. The molecule has 1 amide bonds. The molecule has 2 aliphatic rings. The average molecular weight is 297 g/mol. The summed E-state index contributed by atoms with van der Waals surface area (Å²) in [5, 5.41) is 3.38. The Morgan fingerprint density at radius 1 is 1.24 bits per heavy atom. The number of amides is 1. The Morgan fingerprint density at radius 2 is 1.90 bits per heavy atom. The van der Waals surface area contributed by atoms with Crippen LogP contribution in [0.5, 0.6) is 0 Å². The van der Waals surface area contributed by atoms with Gasteiger partial charge in [-0.05, 0) is 45.2 Å². The third-order valence-electron chi connectivity index (χ3n) is 4.92. The zero-order valence-electron chi connectivity index (χ0n) is 13.6. The molecule has 0 radical (unpaired) electrons. The fourth-order valence-electron chi connectivity index (χ4n) is 3.41. The van der Waals surface area contributed by atoms with E-state index >= 15 is 0 Å².